The van der Waals surface area contributed by atoms with Crippen molar-refractivity contribution in [2.45, 2.75) is 19.5 Å². The average molecular weight is 376 g/mol. The third-order valence-electron chi connectivity index (χ3n) is 4.09. The molecule has 0 saturated carbocycles. The fraction of sp³-hybridized carbons (Fsp3) is 0.316. The van der Waals surface area contributed by atoms with E-state index in [1.54, 1.807) is 14.0 Å². The van der Waals surface area contributed by atoms with Crippen LogP contribution in [0.5, 0.6) is 5.75 Å². The van der Waals surface area contributed by atoms with Crippen LogP contribution in [0, 0.1) is 0 Å². The van der Waals surface area contributed by atoms with E-state index in [0.29, 0.717) is 6.54 Å². The number of hydrogen-bond donors (Lipinski definition) is 1. The lowest BCUT2D eigenvalue weighted by Gasteiger charge is -2.26. The largest absolute Gasteiger partial charge is 0.497 e. The van der Waals surface area contributed by atoms with Crippen molar-refractivity contribution in [3.63, 3.8) is 0 Å². The number of hydrogen-bond acceptors (Lipinski definition) is 4. The van der Waals surface area contributed by atoms with Crippen LogP contribution in [0.15, 0.2) is 54.6 Å². The fourth-order valence-corrected chi connectivity index (χ4v) is 3.63. The Bertz CT molecular complexity index is 820. The molecule has 0 aliphatic heterocycles. The highest BCUT2D eigenvalue weighted by Crippen LogP contribution is 2.22. The van der Waals surface area contributed by atoms with Crippen molar-refractivity contribution in [3.05, 3.63) is 65.7 Å². The fourth-order valence-electron chi connectivity index (χ4n) is 2.58. The Morgan fingerprint density at radius 2 is 1.73 bits per heavy atom. The standard InChI is InChI=1S/C19H24N2O4S/c1-15(17-7-5-4-6-8-17)21(26(3,23)24)14-19(22)20-13-16-9-11-18(25-2)12-10-16/h4-12,15H,13-14H2,1-3H3,(H,20,22). The highest BCUT2D eigenvalue weighted by atomic mass is 32.2. The van der Waals surface area contributed by atoms with Crippen LogP contribution in [-0.2, 0) is 21.4 Å². The normalized spacial score (nSPS) is 12.6. The first-order valence-electron chi connectivity index (χ1n) is 8.22. The number of carbonyl (C=O) groups is 1. The Hall–Kier alpha value is -2.38. The van der Waals surface area contributed by atoms with Crippen LogP contribution >= 0.6 is 0 Å². The van der Waals surface area contributed by atoms with Gasteiger partial charge in [-0.3, -0.25) is 4.79 Å². The molecule has 0 saturated heterocycles. The van der Waals surface area contributed by atoms with Crippen LogP contribution in [0.4, 0.5) is 0 Å². The molecule has 2 rings (SSSR count). The third-order valence-corrected chi connectivity index (χ3v) is 5.39. The van der Waals surface area contributed by atoms with Crippen molar-refractivity contribution < 1.29 is 17.9 Å². The molecule has 1 amide bonds. The lowest BCUT2D eigenvalue weighted by molar-refractivity contribution is -0.121. The highest BCUT2D eigenvalue weighted by molar-refractivity contribution is 7.88. The van der Waals surface area contributed by atoms with Crippen LogP contribution in [0.25, 0.3) is 0 Å². The molecule has 26 heavy (non-hydrogen) atoms. The molecule has 0 aromatic heterocycles. The molecule has 0 fully saturated rings. The van der Waals surface area contributed by atoms with Gasteiger partial charge in [0.25, 0.3) is 0 Å². The van der Waals surface area contributed by atoms with Gasteiger partial charge in [-0.2, -0.15) is 4.31 Å². The van der Waals surface area contributed by atoms with Crippen molar-refractivity contribution >= 4 is 15.9 Å². The SMILES string of the molecule is COc1ccc(CNC(=O)CN(C(C)c2ccccc2)S(C)(=O)=O)cc1. The summed E-state index contributed by atoms with van der Waals surface area (Å²) in [4.78, 5) is 12.3. The number of rotatable bonds is 8. The number of benzene rings is 2. The average Bonchev–Trinajstić information content (AvgIpc) is 2.64. The minimum atomic E-state index is -3.54. The van der Waals surface area contributed by atoms with Crippen LogP contribution in [0.3, 0.4) is 0 Å². The van der Waals surface area contributed by atoms with Gasteiger partial charge in [-0.05, 0) is 30.2 Å². The molecule has 0 aliphatic rings. The molecule has 0 bridgehead atoms. The van der Waals surface area contributed by atoms with E-state index in [9.17, 15) is 13.2 Å². The number of methoxy groups -OCH3 is 1. The number of carbonyl (C=O) groups excluding carboxylic acids is 1. The zero-order valence-electron chi connectivity index (χ0n) is 15.2. The van der Waals surface area contributed by atoms with Crippen molar-refractivity contribution in [3.8, 4) is 5.75 Å². The van der Waals surface area contributed by atoms with Crippen molar-refractivity contribution in [2.75, 3.05) is 19.9 Å². The number of nitrogens with zero attached hydrogens (tertiary/aromatic N) is 1. The second kappa shape index (κ2) is 8.82. The predicted octanol–water partition coefficient (Wildman–Crippen LogP) is 2.33. The van der Waals surface area contributed by atoms with E-state index in [0.717, 1.165) is 23.1 Å². The Morgan fingerprint density at radius 3 is 2.27 bits per heavy atom. The van der Waals surface area contributed by atoms with Gasteiger partial charge in [0.1, 0.15) is 5.75 Å². The minimum absolute atomic E-state index is 0.231. The summed E-state index contributed by atoms with van der Waals surface area (Å²) in [5.41, 5.74) is 1.74. The molecule has 7 heteroatoms. The molecular weight excluding hydrogens is 352 g/mol. The van der Waals surface area contributed by atoms with Gasteiger partial charge in [-0.25, -0.2) is 8.42 Å². The highest BCUT2D eigenvalue weighted by Gasteiger charge is 2.26. The number of amides is 1. The number of ether oxygens (including phenoxy) is 1. The maximum Gasteiger partial charge on any atom is 0.235 e. The van der Waals surface area contributed by atoms with Crippen LogP contribution in [0.2, 0.25) is 0 Å². The zero-order chi connectivity index (χ0) is 19.2. The monoisotopic (exact) mass is 376 g/mol. The van der Waals surface area contributed by atoms with Crippen molar-refractivity contribution in [1.82, 2.24) is 9.62 Å². The molecule has 6 nitrogen and oxygen atoms in total. The summed E-state index contributed by atoms with van der Waals surface area (Å²) >= 11 is 0. The van der Waals surface area contributed by atoms with E-state index in [1.165, 1.54) is 4.31 Å². The quantitative estimate of drug-likeness (QED) is 0.767. The summed E-state index contributed by atoms with van der Waals surface area (Å²) in [7, 11) is -1.96. The van der Waals surface area contributed by atoms with Crippen LogP contribution < -0.4 is 10.1 Å². The lowest BCUT2D eigenvalue weighted by atomic mass is 10.1. The molecule has 0 aliphatic carbocycles. The number of sulfonamides is 1. The first-order valence-corrected chi connectivity index (χ1v) is 10.1. The summed E-state index contributed by atoms with van der Waals surface area (Å²) in [6, 6.07) is 16.1. The van der Waals surface area contributed by atoms with E-state index < -0.39 is 16.1 Å². The van der Waals surface area contributed by atoms with Gasteiger partial charge >= 0.3 is 0 Å². The van der Waals surface area contributed by atoms with Gasteiger partial charge < -0.3 is 10.1 Å². The van der Waals surface area contributed by atoms with Gasteiger partial charge in [0.05, 0.1) is 19.9 Å². The molecule has 140 valence electrons. The Morgan fingerprint density at radius 1 is 1.12 bits per heavy atom. The van der Waals surface area contributed by atoms with E-state index in [1.807, 2.05) is 54.6 Å². The Balaban J connectivity index is 2.02. The summed E-state index contributed by atoms with van der Waals surface area (Å²) in [5.74, 6) is 0.383. The summed E-state index contributed by atoms with van der Waals surface area (Å²) < 4.78 is 30.6. The van der Waals surface area contributed by atoms with Crippen molar-refractivity contribution in [1.29, 1.82) is 0 Å². The van der Waals surface area contributed by atoms with E-state index in [4.69, 9.17) is 4.74 Å². The first kappa shape index (κ1) is 19.9. The summed E-state index contributed by atoms with van der Waals surface area (Å²) in [6.45, 7) is 1.86. The molecule has 0 heterocycles. The second-order valence-electron chi connectivity index (χ2n) is 6.02. The molecule has 0 radical (unpaired) electrons. The minimum Gasteiger partial charge on any atom is -0.497 e. The predicted molar refractivity (Wildman–Crippen MR) is 101 cm³/mol. The molecule has 2 aromatic carbocycles. The lowest BCUT2D eigenvalue weighted by Crippen LogP contribution is -2.41. The van der Waals surface area contributed by atoms with E-state index in [2.05, 4.69) is 5.32 Å². The van der Waals surface area contributed by atoms with Gasteiger partial charge in [0, 0.05) is 12.6 Å². The molecule has 0 spiro atoms. The van der Waals surface area contributed by atoms with Crippen LogP contribution in [0.1, 0.15) is 24.1 Å². The Kier molecular flexibility index (Phi) is 6.76. The maximum atomic E-state index is 12.3. The van der Waals surface area contributed by atoms with E-state index in [-0.39, 0.29) is 12.5 Å². The smallest absolute Gasteiger partial charge is 0.235 e. The van der Waals surface area contributed by atoms with Gasteiger partial charge in [0.15, 0.2) is 0 Å². The summed E-state index contributed by atoms with van der Waals surface area (Å²) in [6.07, 6.45) is 1.11. The molecule has 1 N–H and O–H groups in total. The Labute approximate surface area is 154 Å². The number of nitrogens with one attached hydrogen (secondary N) is 1. The van der Waals surface area contributed by atoms with Gasteiger partial charge in [-0.15, -0.1) is 0 Å². The van der Waals surface area contributed by atoms with Gasteiger partial charge in [0.2, 0.25) is 15.9 Å². The van der Waals surface area contributed by atoms with E-state index >= 15 is 0 Å². The van der Waals surface area contributed by atoms with Crippen molar-refractivity contribution in [2.24, 2.45) is 0 Å². The molecule has 1 unspecified atom stereocenters. The molecule has 2 aromatic rings. The van der Waals surface area contributed by atoms with Gasteiger partial charge in [-0.1, -0.05) is 42.5 Å². The molecular formula is C19H24N2O4S. The second-order valence-corrected chi connectivity index (χ2v) is 7.95. The third kappa shape index (κ3) is 5.57. The summed E-state index contributed by atoms with van der Waals surface area (Å²) in [5, 5.41) is 2.76. The molecule has 1 atom stereocenters. The zero-order valence-corrected chi connectivity index (χ0v) is 16.0. The van der Waals surface area contributed by atoms with Crippen LogP contribution in [-0.4, -0.2) is 38.5 Å². The maximum absolute atomic E-state index is 12.3. The topological polar surface area (TPSA) is 75.7 Å². The first-order chi connectivity index (χ1) is 12.3.